The maximum atomic E-state index is 6.68. The first-order chi connectivity index (χ1) is 14.4. The van der Waals surface area contributed by atoms with Crippen LogP contribution in [0.15, 0.2) is 18.5 Å². The lowest BCUT2D eigenvalue weighted by atomic mass is 9.78. The summed E-state index contributed by atoms with van der Waals surface area (Å²) >= 11 is 12.8. The summed E-state index contributed by atoms with van der Waals surface area (Å²) in [5.41, 5.74) is 14.4. The number of ether oxygens (including phenoxy) is 1. The standard InChI is InChI=1S/C21H28Cl2N6O/c22-16-11-26-18(21(25)5-1-14(24)2-6-21)9-15(16)17-12-27-19(23)20(29-17)28-10-13-3-7-30-8-4-13/h9,11-14H,1-8,10,24-25H2,(H,28,29). The minimum atomic E-state index is -0.501. The molecule has 1 aliphatic heterocycles. The molecule has 0 unspecified atom stereocenters. The van der Waals surface area contributed by atoms with Crippen molar-refractivity contribution in [2.24, 2.45) is 17.4 Å². The lowest BCUT2D eigenvalue weighted by Crippen LogP contribution is -2.44. The summed E-state index contributed by atoms with van der Waals surface area (Å²) in [5.74, 6) is 1.09. The third kappa shape index (κ3) is 4.86. The van der Waals surface area contributed by atoms with Crippen LogP contribution < -0.4 is 16.8 Å². The zero-order valence-corrected chi connectivity index (χ0v) is 18.4. The van der Waals surface area contributed by atoms with Crippen LogP contribution in [0, 0.1) is 5.92 Å². The Kier molecular flexibility index (Phi) is 6.75. The van der Waals surface area contributed by atoms with E-state index >= 15 is 0 Å². The Bertz CT molecular complexity index is 882. The number of rotatable bonds is 5. The van der Waals surface area contributed by atoms with E-state index in [1.165, 1.54) is 0 Å². The Morgan fingerprint density at radius 1 is 1.10 bits per heavy atom. The molecule has 30 heavy (non-hydrogen) atoms. The molecule has 1 aliphatic carbocycles. The van der Waals surface area contributed by atoms with Crippen LogP contribution in [-0.2, 0) is 10.3 Å². The second-order valence-corrected chi connectivity index (χ2v) is 9.14. The second-order valence-electron chi connectivity index (χ2n) is 8.37. The molecule has 2 aliphatic rings. The van der Waals surface area contributed by atoms with Crippen molar-refractivity contribution in [3.63, 3.8) is 0 Å². The van der Waals surface area contributed by atoms with Gasteiger partial charge in [-0.05, 0) is 50.5 Å². The van der Waals surface area contributed by atoms with E-state index in [2.05, 4.69) is 15.3 Å². The first-order valence-electron chi connectivity index (χ1n) is 10.5. The van der Waals surface area contributed by atoms with Crippen molar-refractivity contribution in [3.8, 4) is 11.3 Å². The molecule has 0 bridgehead atoms. The van der Waals surface area contributed by atoms with Crippen molar-refractivity contribution in [2.75, 3.05) is 25.1 Å². The fraction of sp³-hybridized carbons (Fsp3) is 0.571. The molecule has 5 N–H and O–H groups in total. The number of aromatic nitrogens is 3. The van der Waals surface area contributed by atoms with Gasteiger partial charge in [0.05, 0.1) is 28.1 Å². The number of nitrogens with two attached hydrogens (primary N) is 2. The molecule has 1 saturated carbocycles. The maximum Gasteiger partial charge on any atom is 0.171 e. The topological polar surface area (TPSA) is 112 Å². The summed E-state index contributed by atoms with van der Waals surface area (Å²) in [6.45, 7) is 2.38. The van der Waals surface area contributed by atoms with Gasteiger partial charge in [-0.2, -0.15) is 0 Å². The molecule has 1 saturated heterocycles. The first-order valence-corrected chi connectivity index (χ1v) is 11.3. The van der Waals surface area contributed by atoms with Crippen LogP contribution in [-0.4, -0.2) is 40.8 Å². The quantitative estimate of drug-likeness (QED) is 0.635. The first kappa shape index (κ1) is 21.7. The molecule has 0 spiro atoms. The highest BCUT2D eigenvalue weighted by atomic mass is 35.5. The molecule has 3 heterocycles. The molecular formula is C21H28Cl2N6O. The molecule has 0 atom stereocenters. The maximum absolute atomic E-state index is 6.68. The van der Waals surface area contributed by atoms with Crippen molar-refractivity contribution in [1.82, 2.24) is 15.0 Å². The number of halogens is 2. The number of anilines is 1. The normalized spacial score (nSPS) is 25.3. The molecule has 0 amide bonds. The van der Waals surface area contributed by atoms with Crippen LogP contribution in [0.25, 0.3) is 11.3 Å². The number of hydrogen-bond donors (Lipinski definition) is 3. The third-order valence-corrected chi connectivity index (χ3v) is 6.77. The van der Waals surface area contributed by atoms with Gasteiger partial charge in [0.1, 0.15) is 0 Å². The third-order valence-electron chi connectivity index (χ3n) is 6.19. The highest BCUT2D eigenvalue weighted by molar-refractivity contribution is 6.33. The van der Waals surface area contributed by atoms with Crippen molar-refractivity contribution in [2.45, 2.75) is 50.1 Å². The van der Waals surface area contributed by atoms with Crippen molar-refractivity contribution < 1.29 is 4.74 Å². The Morgan fingerprint density at radius 2 is 1.83 bits per heavy atom. The lowest BCUT2D eigenvalue weighted by Gasteiger charge is -2.35. The van der Waals surface area contributed by atoms with E-state index in [0.717, 1.165) is 69.5 Å². The summed E-state index contributed by atoms with van der Waals surface area (Å²) in [6.07, 6.45) is 8.69. The highest BCUT2D eigenvalue weighted by Gasteiger charge is 2.34. The van der Waals surface area contributed by atoms with Gasteiger partial charge < -0.3 is 21.5 Å². The highest BCUT2D eigenvalue weighted by Crippen LogP contribution is 2.37. The molecule has 2 aromatic rings. The predicted octanol–water partition coefficient (Wildman–Crippen LogP) is 3.74. The minimum Gasteiger partial charge on any atom is -0.381 e. The summed E-state index contributed by atoms with van der Waals surface area (Å²) in [5, 5.41) is 4.19. The molecule has 0 aromatic carbocycles. The van der Waals surface area contributed by atoms with Gasteiger partial charge in [-0.15, -0.1) is 0 Å². The van der Waals surface area contributed by atoms with E-state index in [-0.39, 0.29) is 6.04 Å². The Hall–Kier alpha value is -1.51. The van der Waals surface area contributed by atoms with Crippen LogP contribution in [0.3, 0.4) is 0 Å². The van der Waals surface area contributed by atoms with Crippen molar-refractivity contribution >= 4 is 29.0 Å². The second kappa shape index (κ2) is 9.32. The predicted molar refractivity (Wildman–Crippen MR) is 120 cm³/mol. The fourth-order valence-corrected chi connectivity index (χ4v) is 4.48. The number of pyridine rings is 1. The van der Waals surface area contributed by atoms with E-state index < -0.39 is 5.54 Å². The Balaban J connectivity index is 1.57. The molecule has 162 valence electrons. The average Bonchev–Trinajstić information content (AvgIpc) is 2.76. The van der Waals surface area contributed by atoms with Crippen LogP contribution in [0.1, 0.15) is 44.2 Å². The average molecular weight is 451 g/mol. The molecule has 9 heteroatoms. The van der Waals surface area contributed by atoms with Gasteiger partial charge >= 0.3 is 0 Å². The number of nitrogens with zero attached hydrogens (tertiary/aromatic N) is 3. The molecular weight excluding hydrogens is 423 g/mol. The van der Waals surface area contributed by atoms with Gasteiger partial charge in [0.15, 0.2) is 11.0 Å². The smallest absolute Gasteiger partial charge is 0.171 e. The summed E-state index contributed by atoms with van der Waals surface area (Å²) < 4.78 is 5.42. The summed E-state index contributed by atoms with van der Waals surface area (Å²) in [6, 6.07) is 2.14. The Labute approximate surface area is 186 Å². The van der Waals surface area contributed by atoms with Gasteiger partial charge in [-0.25, -0.2) is 9.97 Å². The summed E-state index contributed by atoms with van der Waals surface area (Å²) in [7, 11) is 0. The van der Waals surface area contributed by atoms with E-state index in [0.29, 0.717) is 27.6 Å². The van der Waals surface area contributed by atoms with E-state index in [9.17, 15) is 0 Å². The molecule has 0 radical (unpaired) electrons. The minimum absolute atomic E-state index is 0.208. The van der Waals surface area contributed by atoms with Crippen LogP contribution in [0.4, 0.5) is 5.82 Å². The summed E-state index contributed by atoms with van der Waals surface area (Å²) in [4.78, 5) is 13.5. The van der Waals surface area contributed by atoms with Crippen LogP contribution in [0.5, 0.6) is 0 Å². The molecule has 4 rings (SSSR count). The van der Waals surface area contributed by atoms with Crippen molar-refractivity contribution in [1.29, 1.82) is 0 Å². The number of hydrogen-bond acceptors (Lipinski definition) is 7. The van der Waals surface area contributed by atoms with E-state index in [1.807, 2.05) is 6.07 Å². The largest absolute Gasteiger partial charge is 0.381 e. The molecule has 2 fully saturated rings. The van der Waals surface area contributed by atoms with E-state index in [1.54, 1.807) is 12.4 Å². The number of nitrogens with one attached hydrogen (secondary N) is 1. The van der Waals surface area contributed by atoms with Crippen LogP contribution in [0.2, 0.25) is 10.2 Å². The SMILES string of the molecule is NC1CCC(N)(c2cc(-c3cnc(Cl)c(NCC4CCOCC4)n3)c(Cl)cn2)CC1. The monoisotopic (exact) mass is 450 g/mol. The van der Waals surface area contributed by atoms with Gasteiger partial charge in [0.2, 0.25) is 0 Å². The lowest BCUT2D eigenvalue weighted by molar-refractivity contribution is 0.0699. The fourth-order valence-electron chi connectivity index (χ4n) is 4.13. The molecule has 7 nitrogen and oxygen atoms in total. The van der Waals surface area contributed by atoms with Crippen molar-refractivity contribution in [3.05, 3.63) is 34.3 Å². The van der Waals surface area contributed by atoms with Gasteiger partial charge in [0, 0.05) is 37.6 Å². The van der Waals surface area contributed by atoms with Gasteiger partial charge in [-0.3, -0.25) is 4.98 Å². The van der Waals surface area contributed by atoms with Crippen LogP contribution >= 0.6 is 23.2 Å². The zero-order valence-electron chi connectivity index (χ0n) is 16.9. The van der Waals surface area contributed by atoms with Gasteiger partial charge in [-0.1, -0.05) is 23.2 Å². The Morgan fingerprint density at radius 3 is 2.57 bits per heavy atom. The van der Waals surface area contributed by atoms with E-state index in [4.69, 9.17) is 44.4 Å². The zero-order chi connectivity index (χ0) is 21.1. The molecule has 2 aromatic heterocycles. The van der Waals surface area contributed by atoms with Gasteiger partial charge in [0.25, 0.3) is 0 Å².